The summed E-state index contributed by atoms with van der Waals surface area (Å²) in [6, 6.07) is 1.86. The van der Waals surface area contributed by atoms with Crippen molar-refractivity contribution in [2.75, 3.05) is 7.11 Å². The SMILES string of the molecule is COC(=O)c1c(C)cc2c(c1O)C=C1[C@@](C)(CC[C@H]3C(C)(C)CCC[C@]13C)O2. The molecule has 1 aromatic rings. The van der Waals surface area contributed by atoms with Crippen LogP contribution in [0.1, 0.15) is 81.3 Å². The number of carbonyl (C=O) groups is 1. The van der Waals surface area contributed by atoms with Crippen LogP contribution in [0.25, 0.3) is 6.08 Å². The van der Waals surface area contributed by atoms with Gasteiger partial charge in [0.1, 0.15) is 22.7 Å². The summed E-state index contributed by atoms with van der Waals surface area (Å²) in [7, 11) is 1.34. The lowest BCUT2D eigenvalue weighted by atomic mass is 9.47. The molecule has 4 rings (SSSR count). The van der Waals surface area contributed by atoms with Gasteiger partial charge in [0.05, 0.1) is 12.7 Å². The zero-order valence-electron chi connectivity index (χ0n) is 17.9. The van der Waals surface area contributed by atoms with E-state index in [-0.39, 0.29) is 22.3 Å². The number of rotatable bonds is 1. The van der Waals surface area contributed by atoms with Gasteiger partial charge in [0.15, 0.2) is 0 Å². The van der Waals surface area contributed by atoms with Crippen LogP contribution in [0, 0.1) is 23.7 Å². The molecule has 0 spiro atoms. The van der Waals surface area contributed by atoms with Gasteiger partial charge in [-0.15, -0.1) is 0 Å². The molecule has 0 amide bonds. The van der Waals surface area contributed by atoms with Crippen molar-refractivity contribution in [1.29, 1.82) is 0 Å². The molecular weight excluding hydrogens is 352 g/mol. The number of fused-ring (bicyclic) bond motifs is 4. The minimum absolute atomic E-state index is 0.0304. The second kappa shape index (κ2) is 6.01. The zero-order chi connectivity index (χ0) is 20.5. The number of esters is 1. The second-order valence-corrected chi connectivity index (χ2v) is 10.1. The molecule has 1 heterocycles. The Morgan fingerprint density at radius 1 is 1.21 bits per heavy atom. The van der Waals surface area contributed by atoms with Gasteiger partial charge in [0.25, 0.3) is 0 Å². The molecule has 1 N–H and O–H groups in total. The molecule has 0 unspecified atom stereocenters. The number of hydrogen-bond acceptors (Lipinski definition) is 4. The van der Waals surface area contributed by atoms with Crippen LogP contribution in [0.2, 0.25) is 0 Å². The number of aromatic hydroxyl groups is 1. The number of carbonyl (C=O) groups excluding carboxylic acids is 1. The number of aryl methyl sites for hydroxylation is 1. The van der Waals surface area contributed by atoms with E-state index in [2.05, 4.69) is 33.8 Å². The second-order valence-electron chi connectivity index (χ2n) is 10.1. The summed E-state index contributed by atoms with van der Waals surface area (Å²) in [5, 5.41) is 10.9. The predicted molar refractivity (Wildman–Crippen MR) is 110 cm³/mol. The topological polar surface area (TPSA) is 55.8 Å². The first-order valence-corrected chi connectivity index (χ1v) is 10.4. The molecule has 0 aromatic heterocycles. The fourth-order valence-corrected chi connectivity index (χ4v) is 6.49. The summed E-state index contributed by atoms with van der Waals surface area (Å²) in [6.07, 6.45) is 7.84. The Balaban J connectivity index is 1.91. The van der Waals surface area contributed by atoms with Crippen molar-refractivity contribution in [2.24, 2.45) is 16.7 Å². The molecule has 3 atom stereocenters. The van der Waals surface area contributed by atoms with Crippen molar-refractivity contribution in [3.8, 4) is 11.5 Å². The highest BCUT2D eigenvalue weighted by Gasteiger charge is 2.57. The molecule has 1 aromatic carbocycles. The van der Waals surface area contributed by atoms with E-state index in [1.54, 1.807) is 6.92 Å². The lowest BCUT2D eigenvalue weighted by Gasteiger charge is -2.60. The van der Waals surface area contributed by atoms with Gasteiger partial charge in [0, 0.05) is 0 Å². The quantitative estimate of drug-likeness (QED) is 0.636. The van der Waals surface area contributed by atoms with Crippen molar-refractivity contribution in [1.82, 2.24) is 0 Å². The maximum Gasteiger partial charge on any atom is 0.341 e. The van der Waals surface area contributed by atoms with Crippen LogP contribution in [-0.4, -0.2) is 23.8 Å². The first-order chi connectivity index (χ1) is 13.0. The van der Waals surface area contributed by atoms with Crippen LogP contribution in [0.4, 0.5) is 0 Å². The molecule has 152 valence electrons. The highest BCUT2D eigenvalue weighted by Crippen LogP contribution is 2.64. The molecule has 0 radical (unpaired) electrons. The molecule has 2 saturated carbocycles. The van der Waals surface area contributed by atoms with Crippen molar-refractivity contribution in [3.63, 3.8) is 0 Å². The maximum absolute atomic E-state index is 12.2. The van der Waals surface area contributed by atoms with Gasteiger partial charge in [-0.05, 0) is 79.6 Å². The summed E-state index contributed by atoms with van der Waals surface area (Å²) in [5.41, 5.74) is 2.75. The van der Waals surface area contributed by atoms with E-state index in [4.69, 9.17) is 9.47 Å². The van der Waals surface area contributed by atoms with E-state index in [1.807, 2.05) is 6.07 Å². The van der Waals surface area contributed by atoms with Crippen molar-refractivity contribution in [3.05, 3.63) is 28.3 Å². The van der Waals surface area contributed by atoms with Crippen LogP contribution < -0.4 is 4.74 Å². The highest BCUT2D eigenvalue weighted by molar-refractivity contribution is 5.96. The van der Waals surface area contributed by atoms with Crippen LogP contribution in [-0.2, 0) is 4.74 Å². The van der Waals surface area contributed by atoms with E-state index in [0.29, 0.717) is 28.2 Å². The Labute approximate surface area is 167 Å². The van der Waals surface area contributed by atoms with E-state index in [0.717, 1.165) is 19.3 Å². The molecule has 0 bridgehead atoms. The summed E-state index contributed by atoms with van der Waals surface area (Å²) < 4.78 is 11.4. The normalized spacial score (nSPS) is 32.9. The molecular formula is C24H32O4. The van der Waals surface area contributed by atoms with Gasteiger partial charge >= 0.3 is 5.97 Å². The molecule has 3 aliphatic rings. The Bertz CT molecular complexity index is 881. The fourth-order valence-electron chi connectivity index (χ4n) is 6.49. The van der Waals surface area contributed by atoms with Crippen molar-refractivity contribution < 1.29 is 19.4 Å². The van der Waals surface area contributed by atoms with Crippen LogP contribution in [0.15, 0.2) is 11.6 Å². The smallest absolute Gasteiger partial charge is 0.341 e. The monoisotopic (exact) mass is 384 g/mol. The third kappa shape index (κ3) is 2.53. The van der Waals surface area contributed by atoms with Gasteiger partial charge in [0.2, 0.25) is 0 Å². The molecule has 28 heavy (non-hydrogen) atoms. The Kier molecular flexibility index (Phi) is 4.16. The maximum atomic E-state index is 12.2. The largest absolute Gasteiger partial charge is 0.506 e. The zero-order valence-corrected chi connectivity index (χ0v) is 17.9. The van der Waals surface area contributed by atoms with Gasteiger partial charge < -0.3 is 14.6 Å². The third-order valence-electron chi connectivity index (χ3n) is 7.84. The number of phenols is 1. The van der Waals surface area contributed by atoms with Gasteiger partial charge in [-0.1, -0.05) is 27.2 Å². The third-order valence-corrected chi connectivity index (χ3v) is 7.84. The fraction of sp³-hybridized carbons (Fsp3) is 0.625. The van der Waals surface area contributed by atoms with Crippen LogP contribution in [0.3, 0.4) is 0 Å². The lowest BCUT2D eigenvalue weighted by Crippen LogP contribution is -2.55. The molecule has 4 heteroatoms. The number of ether oxygens (including phenoxy) is 2. The van der Waals surface area contributed by atoms with E-state index in [9.17, 15) is 9.90 Å². The van der Waals surface area contributed by atoms with Crippen molar-refractivity contribution >= 4 is 12.0 Å². The number of hydrogen-bond donors (Lipinski definition) is 1. The van der Waals surface area contributed by atoms with Crippen molar-refractivity contribution in [2.45, 2.75) is 72.3 Å². The Morgan fingerprint density at radius 2 is 1.93 bits per heavy atom. The number of methoxy groups -OCH3 is 1. The summed E-state index contributed by atoms with van der Waals surface area (Å²) in [4.78, 5) is 12.2. The minimum atomic E-state index is -0.518. The Morgan fingerprint density at radius 3 is 2.61 bits per heavy atom. The summed E-state index contributed by atoms with van der Waals surface area (Å²) >= 11 is 0. The summed E-state index contributed by atoms with van der Waals surface area (Å²) in [6.45, 7) is 11.2. The van der Waals surface area contributed by atoms with E-state index in [1.165, 1.54) is 25.5 Å². The van der Waals surface area contributed by atoms with E-state index >= 15 is 0 Å². The Hall–Kier alpha value is -1.97. The number of benzene rings is 1. The van der Waals surface area contributed by atoms with Gasteiger partial charge in [-0.3, -0.25) is 0 Å². The van der Waals surface area contributed by atoms with Crippen LogP contribution >= 0.6 is 0 Å². The lowest BCUT2D eigenvalue weighted by molar-refractivity contribution is -0.0517. The molecule has 2 aliphatic carbocycles. The standard InChI is InChI=1S/C24H32O4/c1-14-12-16-15(20(25)19(14)21(26)27-6)13-18-23(4)10-7-9-22(2,3)17(23)8-11-24(18,5)28-16/h12-13,17,25H,7-11H2,1-6H3/t17-,23-,24+/m0/s1. The first kappa shape index (κ1) is 19.4. The number of phenolic OH excluding ortho intramolecular Hbond substituents is 1. The summed E-state index contributed by atoms with van der Waals surface area (Å²) in [5.74, 6) is 0.699. The van der Waals surface area contributed by atoms with Gasteiger partial charge in [-0.25, -0.2) is 4.79 Å². The van der Waals surface area contributed by atoms with Crippen LogP contribution in [0.5, 0.6) is 11.5 Å². The van der Waals surface area contributed by atoms with Gasteiger partial charge in [-0.2, -0.15) is 0 Å². The molecule has 2 fully saturated rings. The average Bonchev–Trinajstić information content (AvgIpc) is 2.59. The average molecular weight is 385 g/mol. The predicted octanol–water partition coefficient (Wildman–Crippen LogP) is 5.65. The molecule has 1 aliphatic heterocycles. The first-order valence-electron chi connectivity index (χ1n) is 10.4. The highest BCUT2D eigenvalue weighted by atomic mass is 16.5. The molecule has 0 saturated heterocycles. The minimum Gasteiger partial charge on any atom is -0.506 e. The molecule has 4 nitrogen and oxygen atoms in total. The van der Waals surface area contributed by atoms with E-state index < -0.39 is 5.97 Å².